The third kappa shape index (κ3) is 5.52. The lowest BCUT2D eigenvalue weighted by molar-refractivity contribution is -0.123. The second-order valence-electron chi connectivity index (χ2n) is 6.29. The lowest BCUT2D eigenvalue weighted by Crippen LogP contribution is -2.38. The summed E-state index contributed by atoms with van der Waals surface area (Å²) >= 11 is 0. The molecule has 0 bridgehead atoms. The van der Waals surface area contributed by atoms with E-state index in [1.165, 1.54) is 6.42 Å². The van der Waals surface area contributed by atoms with Crippen LogP contribution in [0, 0.1) is 11.8 Å². The molecule has 104 valence electrons. The van der Waals surface area contributed by atoms with Crippen LogP contribution >= 0.6 is 0 Å². The Morgan fingerprint density at radius 1 is 1.28 bits per heavy atom. The van der Waals surface area contributed by atoms with Crippen molar-refractivity contribution in [2.75, 3.05) is 6.54 Å². The smallest absolute Gasteiger partial charge is 0.408 e. The quantitative estimate of drug-likeness (QED) is 0.843. The summed E-state index contributed by atoms with van der Waals surface area (Å²) in [5.74, 6) is 0.866. The van der Waals surface area contributed by atoms with Gasteiger partial charge in [-0.2, -0.15) is 0 Å². The Balaban J connectivity index is 2.30. The third-order valence-corrected chi connectivity index (χ3v) is 3.20. The van der Waals surface area contributed by atoms with Gasteiger partial charge >= 0.3 is 6.09 Å². The standard InChI is InChI=1S/C14H25NO3/c1-10-6-5-7-11(8-10)12(16)9-15-13(17)18-14(2,3)4/h10-11H,5-9H2,1-4H3,(H,15,17)/t10-,11+/m1/s1. The third-order valence-electron chi connectivity index (χ3n) is 3.20. The van der Waals surface area contributed by atoms with Crippen molar-refractivity contribution in [1.82, 2.24) is 5.32 Å². The van der Waals surface area contributed by atoms with E-state index in [2.05, 4.69) is 12.2 Å². The molecule has 0 aromatic heterocycles. The second-order valence-corrected chi connectivity index (χ2v) is 6.29. The molecular weight excluding hydrogens is 230 g/mol. The van der Waals surface area contributed by atoms with E-state index < -0.39 is 11.7 Å². The zero-order chi connectivity index (χ0) is 13.8. The molecule has 18 heavy (non-hydrogen) atoms. The molecule has 1 N–H and O–H groups in total. The van der Waals surface area contributed by atoms with Gasteiger partial charge in [0.05, 0.1) is 6.54 Å². The Morgan fingerprint density at radius 3 is 2.50 bits per heavy atom. The zero-order valence-corrected chi connectivity index (χ0v) is 11.9. The Hall–Kier alpha value is -1.06. The van der Waals surface area contributed by atoms with E-state index in [1.54, 1.807) is 20.8 Å². The first-order valence-electron chi connectivity index (χ1n) is 6.77. The molecule has 4 nitrogen and oxygen atoms in total. The van der Waals surface area contributed by atoms with Crippen molar-refractivity contribution < 1.29 is 14.3 Å². The maximum Gasteiger partial charge on any atom is 0.408 e. The minimum atomic E-state index is -0.521. The molecule has 1 saturated carbocycles. The van der Waals surface area contributed by atoms with E-state index in [1.807, 2.05) is 0 Å². The average molecular weight is 255 g/mol. The summed E-state index contributed by atoms with van der Waals surface area (Å²) in [7, 11) is 0. The molecule has 1 amide bonds. The first-order valence-corrected chi connectivity index (χ1v) is 6.77. The molecule has 0 saturated heterocycles. The predicted octanol–water partition coefficient (Wildman–Crippen LogP) is 2.91. The Bertz CT molecular complexity index is 307. The van der Waals surface area contributed by atoms with Gasteiger partial charge < -0.3 is 10.1 Å². The van der Waals surface area contributed by atoms with E-state index >= 15 is 0 Å². The molecule has 0 aliphatic heterocycles. The van der Waals surface area contributed by atoms with Crippen molar-refractivity contribution in [1.29, 1.82) is 0 Å². The molecule has 1 aliphatic rings. The van der Waals surface area contributed by atoms with E-state index in [-0.39, 0.29) is 18.2 Å². The Labute approximate surface area is 109 Å². The van der Waals surface area contributed by atoms with Crippen LogP contribution in [0.3, 0.4) is 0 Å². The van der Waals surface area contributed by atoms with Crippen molar-refractivity contribution >= 4 is 11.9 Å². The summed E-state index contributed by atoms with van der Waals surface area (Å²) < 4.78 is 5.09. The summed E-state index contributed by atoms with van der Waals surface area (Å²) in [6.45, 7) is 7.68. The number of carbonyl (C=O) groups excluding carboxylic acids is 2. The summed E-state index contributed by atoms with van der Waals surface area (Å²) in [5, 5.41) is 2.54. The van der Waals surface area contributed by atoms with Crippen molar-refractivity contribution in [3.05, 3.63) is 0 Å². The van der Waals surface area contributed by atoms with Crippen LogP contribution in [0.2, 0.25) is 0 Å². The van der Waals surface area contributed by atoms with Crippen LogP contribution in [0.25, 0.3) is 0 Å². The Morgan fingerprint density at radius 2 is 1.94 bits per heavy atom. The number of Topliss-reactive ketones (excluding diaryl/α,β-unsaturated/α-hetero) is 1. The molecule has 2 atom stereocenters. The molecule has 4 heteroatoms. The molecule has 1 fully saturated rings. The molecule has 1 rings (SSSR count). The number of rotatable bonds is 3. The van der Waals surface area contributed by atoms with Crippen LogP contribution in [-0.2, 0) is 9.53 Å². The summed E-state index contributed by atoms with van der Waals surface area (Å²) in [6.07, 6.45) is 3.72. The SMILES string of the molecule is C[C@@H]1CCC[C@H](C(=O)CNC(=O)OC(C)(C)C)C1. The fourth-order valence-corrected chi connectivity index (χ4v) is 2.34. The van der Waals surface area contributed by atoms with Crippen molar-refractivity contribution in [3.63, 3.8) is 0 Å². The fourth-order valence-electron chi connectivity index (χ4n) is 2.34. The topological polar surface area (TPSA) is 55.4 Å². The van der Waals surface area contributed by atoms with Crippen LogP contribution in [-0.4, -0.2) is 24.0 Å². The number of alkyl carbamates (subject to hydrolysis) is 1. The highest BCUT2D eigenvalue weighted by Gasteiger charge is 2.25. The fraction of sp³-hybridized carbons (Fsp3) is 0.857. The van der Waals surface area contributed by atoms with Gasteiger partial charge in [0.1, 0.15) is 5.60 Å². The van der Waals surface area contributed by atoms with Gasteiger partial charge in [0.15, 0.2) is 5.78 Å². The molecule has 0 aromatic rings. The average Bonchev–Trinajstić information content (AvgIpc) is 2.23. The molecule has 0 heterocycles. The number of nitrogens with one attached hydrogen (secondary N) is 1. The largest absolute Gasteiger partial charge is 0.444 e. The highest BCUT2D eigenvalue weighted by Crippen LogP contribution is 2.28. The minimum Gasteiger partial charge on any atom is -0.444 e. The number of hydrogen-bond acceptors (Lipinski definition) is 3. The second kappa shape index (κ2) is 6.21. The van der Waals surface area contributed by atoms with Crippen LogP contribution in [0.5, 0.6) is 0 Å². The van der Waals surface area contributed by atoms with Gasteiger partial charge in [-0.25, -0.2) is 4.79 Å². The molecule has 0 unspecified atom stereocenters. The number of hydrogen-bond donors (Lipinski definition) is 1. The van der Waals surface area contributed by atoms with Crippen molar-refractivity contribution in [2.24, 2.45) is 11.8 Å². The maximum absolute atomic E-state index is 11.9. The van der Waals surface area contributed by atoms with Gasteiger partial charge in [-0.15, -0.1) is 0 Å². The van der Waals surface area contributed by atoms with Gasteiger partial charge in [0.25, 0.3) is 0 Å². The van der Waals surface area contributed by atoms with Gasteiger partial charge in [0.2, 0.25) is 0 Å². The molecular formula is C14H25NO3. The summed E-state index contributed by atoms with van der Waals surface area (Å²) in [6, 6.07) is 0. The van der Waals surface area contributed by atoms with Crippen LogP contribution in [0.15, 0.2) is 0 Å². The molecule has 1 aliphatic carbocycles. The first kappa shape index (κ1) is 15.0. The number of amides is 1. The van der Waals surface area contributed by atoms with Gasteiger partial charge in [-0.1, -0.05) is 19.8 Å². The lowest BCUT2D eigenvalue weighted by atomic mass is 9.80. The van der Waals surface area contributed by atoms with Crippen LogP contribution in [0.4, 0.5) is 4.79 Å². The van der Waals surface area contributed by atoms with E-state index in [9.17, 15) is 9.59 Å². The van der Waals surface area contributed by atoms with E-state index in [0.717, 1.165) is 19.3 Å². The van der Waals surface area contributed by atoms with E-state index in [0.29, 0.717) is 5.92 Å². The zero-order valence-electron chi connectivity index (χ0n) is 11.9. The molecule has 0 aromatic carbocycles. The van der Waals surface area contributed by atoms with Crippen molar-refractivity contribution in [3.8, 4) is 0 Å². The van der Waals surface area contributed by atoms with Gasteiger partial charge in [-0.05, 0) is 39.5 Å². The molecule has 0 radical (unpaired) electrons. The van der Waals surface area contributed by atoms with Gasteiger partial charge in [0, 0.05) is 5.92 Å². The molecule has 0 spiro atoms. The van der Waals surface area contributed by atoms with Gasteiger partial charge in [-0.3, -0.25) is 4.79 Å². The minimum absolute atomic E-state index is 0.0896. The summed E-state index contributed by atoms with van der Waals surface area (Å²) in [4.78, 5) is 23.4. The highest BCUT2D eigenvalue weighted by molar-refractivity contribution is 5.86. The monoisotopic (exact) mass is 255 g/mol. The highest BCUT2D eigenvalue weighted by atomic mass is 16.6. The number of carbonyl (C=O) groups is 2. The maximum atomic E-state index is 11.9. The van der Waals surface area contributed by atoms with E-state index in [4.69, 9.17) is 4.74 Å². The number of ketones is 1. The first-order chi connectivity index (χ1) is 8.28. The summed E-state index contributed by atoms with van der Waals surface area (Å²) in [5.41, 5.74) is -0.521. The van der Waals surface area contributed by atoms with Crippen LogP contribution < -0.4 is 5.32 Å². The van der Waals surface area contributed by atoms with Crippen LogP contribution in [0.1, 0.15) is 53.4 Å². The lowest BCUT2D eigenvalue weighted by Gasteiger charge is -2.26. The number of ether oxygens (including phenoxy) is 1. The van der Waals surface area contributed by atoms with Crippen molar-refractivity contribution in [2.45, 2.75) is 59.0 Å². The Kier molecular flexibility index (Phi) is 5.17. The normalized spacial score (nSPS) is 24.4. The predicted molar refractivity (Wildman–Crippen MR) is 70.4 cm³/mol.